The molecule has 2 heterocycles. The predicted octanol–water partition coefficient (Wildman–Crippen LogP) is 1.31. The molecule has 0 aliphatic carbocycles. The zero-order valence-corrected chi connectivity index (χ0v) is 14.1. The smallest absolute Gasteiger partial charge is 0.405 e. The first-order valence-corrected chi connectivity index (χ1v) is 8.25. The molecule has 0 bridgehead atoms. The number of likely N-dealkylation sites (N-methyl/N-ethyl adjacent to an activating group) is 1. The van der Waals surface area contributed by atoms with Gasteiger partial charge in [0.05, 0.1) is 12.3 Å². The second kappa shape index (κ2) is 7.60. The van der Waals surface area contributed by atoms with E-state index in [1.165, 1.54) is 4.90 Å². The maximum atomic E-state index is 12.4. The van der Waals surface area contributed by atoms with Gasteiger partial charge in [-0.2, -0.15) is 0 Å². The van der Waals surface area contributed by atoms with Gasteiger partial charge in [0, 0.05) is 26.3 Å². The van der Waals surface area contributed by atoms with Crippen LogP contribution < -0.4 is 20.1 Å². The highest BCUT2D eigenvalue weighted by Gasteiger charge is 2.32. The molecule has 2 aliphatic rings. The molecule has 0 saturated carbocycles. The number of anilines is 1. The van der Waals surface area contributed by atoms with E-state index in [9.17, 15) is 9.59 Å². The molecular weight excluding hydrogens is 328 g/mol. The molecule has 25 heavy (non-hydrogen) atoms. The van der Waals surface area contributed by atoms with Crippen LogP contribution in [0.5, 0.6) is 11.5 Å². The van der Waals surface area contributed by atoms with Gasteiger partial charge < -0.3 is 29.6 Å². The minimum absolute atomic E-state index is 0.0820. The highest BCUT2D eigenvalue weighted by molar-refractivity contribution is 5.99. The standard InChI is InChI=1S/C17H22N2O6/c1-19-13-8-12(23-9-11-4-6-22-7-5-11)2-3-14(13)24-10-15(16(19)20)25-17(18)21/h2-3,8,11,15H,4-7,9-10H2,1H3,(H2,18,21)/t15-/m0/s1. The highest BCUT2D eigenvalue weighted by Crippen LogP contribution is 2.34. The third kappa shape index (κ3) is 4.14. The first kappa shape index (κ1) is 17.3. The van der Waals surface area contributed by atoms with Gasteiger partial charge in [0.15, 0.2) is 0 Å². The van der Waals surface area contributed by atoms with E-state index in [1.54, 1.807) is 25.2 Å². The summed E-state index contributed by atoms with van der Waals surface area (Å²) in [5, 5.41) is 0. The van der Waals surface area contributed by atoms with Gasteiger partial charge in [0.1, 0.15) is 18.1 Å². The summed E-state index contributed by atoms with van der Waals surface area (Å²) in [6, 6.07) is 5.29. The number of hydrogen-bond donors (Lipinski definition) is 1. The summed E-state index contributed by atoms with van der Waals surface area (Å²) in [5.41, 5.74) is 5.57. The second-order valence-corrected chi connectivity index (χ2v) is 6.13. The maximum Gasteiger partial charge on any atom is 0.405 e. The van der Waals surface area contributed by atoms with Crippen LogP contribution in [0.15, 0.2) is 18.2 Å². The largest absolute Gasteiger partial charge is 0.493 e. The topological polar surface area (TPSA) is 100 Å². The lowest BCUT2D eigenvalue weighted by molar-refractivity contribution is -0.127. The van der Waals surface area contributed by atoms with Crippen LogP contribution in [0.1, 0.15) is 12.8 Å². The SMILES string of the molecule is CN1C(=O)[C@@H](OC(N)=O)COc2ccc(OCC3CCOCC3)cc21. The summed E-state index contributed by atoms with van der Waals surface area (Å²) in [5.74, 6) is 1.24. The van der Waals surface area contributed by atoms with Crippen molar-refractivity contribution in [1.29, 1.82) is 0 Å². The summed E-state index contributed by atoms with van der Waals surface area (Å²) >= 11 is 0. The molecular formula is C17H22N2O6. The Kier molecular flexibility index (Phi) is 5.28. The average Bonchev–Trinajstić information content (AvgIpc) is 2.73. The van der Waals surface area contributed by atoms with E-state index in [-0.39, 0.29) is 6.61 Å². The summed E-state index contributed by atoms with van der Waals surface area (Å²) in [7, 11) is 1.59. The Hall–Kier alpha value is -2.48. The van der Waals surface area contributed by atoms with Crippen molar-refractivity contribution in [3.05, 3.63) is 18.2 Å². The van der Waals surface area contributed by atoms with Crippen molar-refractivity contribution < 1.29 is 28.5 Å². The number of fused-ring (bicyclic) bond motifs is 1. The molecule has 0 unspecified atom stereocenters. The number of carbonyl (C=O) groups is 2. The molecule has 136 valence electrons. The third-order valence-corrected chi connectivity index (χ3v) is 4.37. The lowest BCUT2D eigenvalue weighted by atomic mass is 10.0. The van der Waals surface area contributed by atoms with Gasteiger partial charge in [0.25, 0.3) is 5.91 Å². The van der Waals surface area contributed by atoms with E-state index in [0.717, 1.165) is 26.1 Å². The second-order valence-electron chi connectivity index (χ2n) is 6.13. The van der Waals surface area contributed by atoms with Crippen molar-refractivity contribution in [3.63, 3.8) is 0 Å². The molecule has 1 aromatic carbocycles. The Morgan fingerprint density at radius 3 is 2.84 bits per heavy atom. The molecule has 0 radical (unpaired) electrons. The molecule has 2 N–H and O–H groups in total. The predicted molar refractivity (Wildman–Crippen MR) is 88.8 cm³/mol. The van der Waals surface area contributed by atoms with Crippen molar-refractivity contribution in [2.24, 2.45) is 11.7 Å². The Bertz CT molecular complexity index is 644. The van der Waals surface area contributed by atoms with E-state index in [0.29, 0.717) is 29.7 Å². The zero-order chi connectivity index (χ0) is 17.8. The fourth-order valence-electron chi connectivity index (χ4n) is 2.89. The number of rotatable bonds is 4. The van der Waals surface area contributed by atoms with Gasteiger partial charge >= 0.3 is 6.09 Å². The van der Waals surface area contributed by atoms with Gasteiger partial charge in [-0.15, -0.1) is 0 Å². The van der Waals surface area contributed by atoms with Crippen LogP contribution in [0, 0.1) is 5.92 Å². The molecule has 8 heteroatoms. The fraction of sp³-hybridized carbons (Fsp3) is 0.529. The van der Waals surface area contributed by atoms with Crippen molar-refractivity contribution in [3.8, 4) is 11.5 Å². The molecule has 1 saturated heterocycles. The third-order valence-electron chi connectivity index (χ3n) is 4.37. The summed E-state index contributed by atoms with van der Waals surface area (Å²) < 4.78 is 21.6. The Morgan fingerprint density at radius 1 is 1.36 bits per heavy atom. The van der Waals surface area contributed by atoms with E-state index >= 15 is 0 Å². The first-order valence-electron chi connectivity index (χ1n) is 8.25. The van der Waals surface area contributed by atoms with Gasteiger partial charge in [-0.1, -0.05) is 0 Å². The van der Waals surface area contributed by atoms with Crippen LogP contribution in [0.2, 0.25) is 0 Å². The van der Waals surface area contributed by atoms with Crippen LogP contribution in [0.4, 0.5) is 10.5 Å². The molecule has 8 nitrogen and oxygen atoms in total. The lowest BCUT2D eigenvalue weighted by Gasteiger charge is -2.23. The number of benzene rings is 1. The summed E-state index contributed by atoms with van der Waals surface area (Å²) in [6.45, 7) is 2.06. The molecule has 0 aromatic heterocycles. The molecule has 3 rings (SSSR count). The van der Waals surface area contributed by atoms with Gasteiger partial charge in [0.2, 0.25) is 6.10 Å². The molecule has 1 atom stereocenters. The van der Waals surface area contributed by atoms with Gasteiger partial charge in [-0.25, -0.2) is 4.79 Å². The van der Waals surface area contributed by atoms with Crippen LogP contribution in [0.3, 0.4) is 0 Å². The lowest BCUT2D eigenvalue weighted by Crippen LogP contribution is -2.41. The number of nitrogens with zero attached hydrogens (tertiary/aromatic N) is 1. The molecule has 0 spiro atoms. The van der Waals surface area contributed by atoms with E-state index in [4.69, 9.17) is 24.7 Å². The Balaban J connectivity index is 1.70. The van der Waals surface area contributed by atoms with Gasteiger partial charge in [-0.05, 0) is 30.9 Å². The molecule has 1 fully saturated rings. The molecule has 2 amide bonds. The van der Waals surface area contributed by atoms with Gasteiger partial charge in [-0.3, -0.25) is 4.79 Å². The minimum Gasteiger partial charge on any atom is -0.493 e. The molecule has 1 aromatic rings. The number of carbonyl (C=O) groups excluding carboxylic acids is 2. The van der Waals surface area contributed by atoms with Crippen LogP contribution >= 0.6 is 0 Å². The number of nitrogens with two attached hydrogens (primary N) is 1. The Morgan fingerprint density at radius 2 is 2.12 bits per heavy atom. The summed E-state index contributed by atoms with van der Waals surface area (Å²) in [6.07, 6.45) is -0.111. The van der Waals surface area contributed by atoms with Crippen molar-refractivity contribution in [1.82, 2.24) is 0 Å². The van der Waals surface area contributed by atoms with Crippen molar-refractivity contribution >= 4 is 17.7 Å². The van der Waals surface area contributed by atoms with Crippen molar-refractivity contribution in [2.45, 2.75) is 18.9 Å². The fourth-order valence-corrected chi connectivity index (χ4v) is 2.89. The average molecular weight is 350 g/mol. The van der Waals surface area contributed by atoms with Crippen LogP contribution in [0.25, 0.3) is 0 Å². The number of hydrogen-bond acceptors (Lipinski definition) is 6. The molecule has 2 aliphatic heterocycles. The van der Waals surface area contributed by atoms with Crippen LogP contribution in [-0.2, 0) is 14.3 Å². The number of amides is 2. The van der Waals surface area contributed by atoms with E-state index in [1.807, 2.05) is 0 Å². The first-order chi connectivity index (χ1) is 12.0. The minimum atomic E-state index is -1.07. The van der Waals surface area contributed by atoms with Crippen molar-refractivity contribution in [2.75, 3.05) is 38.4 Å². The van der Waals surface area contributed by atoms with E-state index in [2.05, 4.69) is 0 Å². The Labute approximate surface area is 145 Å². The number of ether oxygens (including phenoxy) is 4. The monoisotopic (exact) mass is 350 g/mol. The zero-order valence-electron chi connectivity index (χ0n) is 14.1. The maximum absolute atomic E-state index is 12.4. The van der Waals surface area contributed by atoms with E-state index < -0.39 is 18.1 Å². The summed E-state index contributed by atoms with van der Waals surface area (Å²) in [4.78, 5) is 24.7. The van der Waals surface area contributed by atoms with Crippen LogP contribution in [-0.4, -0.2) is 51.6 Å². The normalized spacial score (nSPS) is 21.1. The number of primary amides is 1. The highest BCUT2D eigenvalue weighted by atomic mass is 16.6. The quantitative estimate of drug-likeness (QED) is 0.879.